The minimum atomic E-state index is -2.96. The van der Waals surface area contributed by atoms with Crippen molar-refractivity contribution in [2.45, 2.75) is 76.0 Å². The number of pyridine rings is 1. The monoisotopic (exact) mass is 485 g/mol. The maximum absolute atomic E-state index is 14.0. The standard InChI is InChI=1S/C32H33F2NO/c1-32(33,34)30-15-5-3-10-26(30)21-28(36)19-22-8-6-11-24(18-22)25-12-7-13-27(20-25)31-29-14-4-2-9-23(29)16-17-35-31/h3-6,8,10-11,14-18,25,27H,2,7,9,12-13,19-21H2,1H3. The Hall–Kier alpha value is -3.14. The molecule has 2 aliphatic carbocycles. The Morgan fingerprint density at radius 3 is 2.72 bits per heavy atom. The number of fused-ring (bicyclic) bond motifs is 1. The van der Waals surface area contributed by atoms with Crippen molar-refractivity contribution >= 4 is 11.9 Å². The van der Waals surface area contributed by atoms with E-state index in [0.717, 1.165) is 51.0 Å². The number of ketones is 1. The molecular weight excluding hydrogens is 452 g/mol. The maximum Gasteiger partial charge on any atom is 0.270 e. The van der Waals surface area contributed by atoms with E-state index < -0.39 is 5.92 Å². The molecule has 186 valence electrons. The van der Waals surface area contributed by atoms with Crippen LogP contribution < -0.4 is 0 Å². The van der Waals surface area contributed by atoms with Crippen molar-refractivity contribution in [3.63, 3.8) is 0 Å². The number of aryl methyl sites for hydroxylation is 1. The Bertz CT molecular complexity index is 1270. The molecule has 2 aliphatic rings. The Labute approximate surface area is 212 Å². The van der Waals surface area contributed by atoms with Gasteiger partial charge in [-0.25, -0.2) is 8.78 Å². The van der Waals surface area contributed by atoms with Crippen LogP contribution in [0.5, 0.6) is 0 Å². The molecule has 0 saturated heterocycles. The van der Waals surface area contributed by atoms with Gasteiger partial charge in [-0.1, -0.05) is 67.1 Å². The van der Waals surface area contributed by atoms with E-state index in [1.54, 1.807) is 18.2 Å². The van der Waals surface area contributed by atoms with Crippen LogP contribution in [0.1, 0.15) is 89.9 Å². The van der Waals surface area contributed by atoms with Gasteiger partial charge in [0.25, 0.3) is 5.92 Å². The lowest BCUT2D eigenvalue weighted by Gasteiger charge is -2.31. The number of carbonyl (C=O) groups excluding carboxylic acids is 1. The van der Waals surface area contributed by atoms with Crippen LogP contribution in [0.4, 0.5) is 8.78 Å². The van der Waals surface area contributed by atoms with Gasteiger partial charge >= 0.3 is 0 Å². The van der Waals surface area contributed by atoms with E-state index in [4.69, 9.17) is 4.98 Å². The van der Waals surface area contributed by atoms with Crippen molar-refractivity contribution in [3.05, 3.63) is 106 Å². The Balaban J connectivity index is 1.29. The third kappa shape index (κ3) is 5.48. The van der Waals surface area contributed by atoms with Crippen molar-refractivity contribution in [1.29, 1.82) is 0 Å². The number of aromatic nitrogens is 1. The van der Waals surface area contributed by atoms with Gasteiger partial charge < -0.3 is 0 Å². The van der Waals surface area contributed by atoms with Gasteiger partial charge in [0, 0.05) is 37.4 Å². The zero-order valence-corrected chi connectivity index (χ0v) is 20.9. The summed E-state index contributed by atoms with van der Waals surface area (Å²) >= 11 is 0. The molecular formula is C32H33F2NO. The van der Waals surface area contributed by atoms with Crippen LogP contribution in [-0.4, -0.2) is 10.8 Å². The zero-order chi connectivity index (χ0) is 25.1. The molecule has 4 heteroatoms. The van der Waals surface area contributed by atoms with E-state index in [2.05, 4.69) is 30.4 Å². The minimum Gasteiger partial charge on any atom is -0.299 e. The van der Waals surface area contributed by atoms with Gasteiger partial charge in [-0.2, -0.15) is 0 Å². The predicted molar refractivity (Wildman–Crippen MR) is 140 cm³/mol. The molecule has 0 amide bonds. The lowest BCUT2D eigenvalue weighted by molar-refractivity contribution is -0.117. The first-order chi connectivity index (χ1) is 17.4. The van der Waals surface area contributed by atoms with Gasteiger partial charge in [0.2, 0.25) is 0 Å². The van der Waals surface area contributed by atoms with Crippen molar-refractivity contribution in [2.24, 2.45) is 0 Å². The molecule has 0 aliphatic heterocycles. The number of benzene rings is 2. The predicted octanol–water partition coefficient (Wildman–Crippen LogP) is 7.95. The number of allylic oxidation sites excluding steroid dienone is 1. The number of carbonyl (C=O) groups is 1. The van der Waals surface area contributed by atoms with Gasteiger partial charge in [-0.15, -0.1) is 0 Å². The summed E-state index contributed by atoms with van der Waals surface area (Å²) in [6.07, 6.45) is 13.5. The van der Waals surface area contributed by atoms with Crippen molar-refractivity contribution in [2.75, 3.05) is 0 Å². The Morgan fingerprint density at radius 1 is 1.03 bits per heavy atom. The summed E-state index contributed by atoms with van der Waals surface area (Å²) < 4.78 is 28.0. The zero-order valence-electron chi connectivity index (χ0n) is 20.9. The van der Waals surface area contributed by atoms with Gasteiger partial charge in [0.15, 0.2) is 0 Å². The lowest BCUT2D eigenvalue weighted by atomic mass is 9.75. The van der Waals surface area contributed by atoms with E-state index in [-0.39, 0.29) is 24.2 Å². The molecule has 36 heavy (non-hydrogen) atoms. The second-order valence-corrected chi connectivity index (χ2v) is 10.5. The number of halogens is 2. The molecule has 1 fully saturated rings. The number of hydrogen-bond acceptors (Lipinski definition) is 2. The minimum absolute atomic E-state index is 0.0215. The third-order valence-electron chi connectivity index (χ3n) is 7.74. The van der Waals surface area contributed by atoms with Crippen LogP contribution in [0.2, 0.25) is 0 Å². The fraction of sp³-hybridized carbons (Fsp3) is 0.375. The molecule has 1 heterocycles. The van der Waals surface area contributed by atoms with Crippen LogP contribution in [-0.2, 0) is 30.0 Å². The van der Waals surface area contributed by atoms with Gasteiger partial charge in [-0.05, 0) is 71.9 Å². The summed E-state index contributed by atoms with van der Waals surface area (Å²) in [4.78, 5) is 17.7. The maximum atomic E-state index is 14.0. The summed E-state index contributed by atoms with van der Waals surface area (Å²) in [5, 5.41) is 0. The van der Waals surface area contributed by atoms with Crippen molar-refractivity contribution in [3.8, 4) is 0 Å². The highest BCUT2D eigenvalue weighted by Crippen LogP contribution is 2.42. The molecule has 2 atom stereocenters. The molecule has 0 spiro atoms. The average Bonchev–Trinajstić information content (AvgIpc) is 2.88. The summed E-state index contributed by atoms with van der Waals surface area (Å²) in [5.41, 5.74) is 6.55. The number of nitrogens with zero attached hydrogens (tertiary/aromatic N) is 1. The fourth-order valence-electron chi connectivity index (χ4n) is 6.01. The topological polar surface area (TPSA) is 30.0 Å². The molecule has 3 aromatic rings. The van der Waals surface area contributed by atoms with E-state index in [1.165, 1.54) is 28.5 Å². The first-order valence-corrected chi connectivity index (χ1v) is 13.1. The number of hydrogen-bond donors (Lipinski definition) is 0. The second kappa shape index (κ2) is 10.5. The number of alkyl halides is 2. The summed E-state index contributed by atoms with van der Waals surface area (Å²) in [7, 11) is 0. The Kier molecular flexibility index (Phi) is 7.13. The fourth-order valence-corrected chi connectivity index (χ4v) is 6.01. The molecule has 5 rings (SSSR count). The van der Waals surface area contributed by atoms with Crippen LogP contribution in [0.3, 0.4) is 0 Å². The number of Topliss-reactive ketones (excluding diaryl/α,β-unsaturated/α-hetero) is 1. The average molecular weight is 486 g/mol. The van der Waals surface area contributed by atoms with E-state index in [0.29, 0.717) is 17.4 Å². The molecule has 2 unspecified atom stereocenters. The van der Waals surface area contributed by atoms with E-state index in [1.807, 2.05) is 18.3 Å². The summed E-state index contributed by atoms with van der Waals surface area (Å²) in [6.45, 7) is 0.883. The summed E-state index contributed by atoms with van der Waals surface area (Å²) in [5.74, 6) is -2.13. The third-order valence-corrected chi connectivity index (χ3v) is 7.74. The highest BCUT2D eigenvalue weighted by atomic mass is 19.3. The highest BCUT2D eigenvalue weighted by molar-refractivity contribution is 5.83. The normalized spacial score (nSPS) is 19.6. The molecule has 0 N–H and O–H groups in total. The Morgan fingerprint density at radius 2 is 1.86 bits per heavy atom. The molecule has 1 aromatic heterocycles. The van der Waals surface area contributed by atoms with Crippen LogP contribution in [0, 0.1) is 0 Å². The molecule has 2 nitrogen and oxygen atoms in total. The SMILES string of the molecule is CC(F)(F)c1ccccc1CC(=O)Cc1cccc(C2CCCC(c3nccc4c3C=CCC4)C2)c1. The largest absolute Gasteiger partial charge is 0.299 e. The molecule has 1 saturated carbocycles. The lowest BCUT2D eigenvalue weighted by Crippen LogP contribution is -2.17. The highest BCUT2D eigenvalue weighted by Gasteiger charge is 2.29. The smallest absolute Gasteiger partial charge is 0.270 e. The second-order valence-electron chi connectivity index (χ2n) is 10.5. The van der Waals surface area contributed by atoms with Crippen molar-refractivity contribution < 1.29 is 13.6 Å². The molecule has 0 bridgehead atoms. The number of rotatable bonds is 7. The van der Waals surface area contributed by atoms with Crippen LogP contribution in [0.15, 0.2) is 66.9 Å². The van der Waals surface area contributed by atoms with Crippen LogP contribution >= 0.6 is 0 Å². The van der Waals surface area contributed by atoms with E-state index >= 15 is 0 Å². The summed E-state index contributed by atoms with van der Waals surface area (Å²) in [6, 6.07) is 16.8. The van der Waals surface area contributed by atoms with E-state index in [9.17, 15) is 13.6 Å². The quantitative estimate of drug-likeness (QED) is 0.340. The molecule has 0 radical (unpaired) electrons. The van der Waals surface area contributed by atoms with Crippen LogP contribution in [0.25, 0.3) is 6.08 Å². The van der Waals surface area contributed by atoms with Gasteiger partial charge in [-0.3, -0.25) is 9.78 Å². The first kappa shape index (κ1) is 24.5. The molecule has 2 aromatic carbocycles. The van der Waals surface area contributed by atoms with Gasteiger partial charge in [0.1, 0.15) is 5.78 Å². The van der Waals surface area contributed by atoms with Gasteiger partial charge in [0.05, 0.1) is 5.69 Å². The van der Waals surface area contributed by atoms with Crippen molar-refractivity contribution in [1.82, 2.24) is 4.98 Å². The first-order valence-electron chi connectivity index (χ1n) is 13.1.